The number of likely N-dealkylation sites (tertiary alicyclic amines) is 1. The number of amides is 2. The summed E-state index contributed by atoms with van der Waals surface area (Å²) in [6.45, 7) is 4.16. The highest BCUT2D eigenvalue weighted by molar-refractivity contribution is 6.01. The van der Waals surface area contributed by atoms with Gasteiger partial charge < -0.3 is 15.0 Å². The van der Waals surface area contributed by atoms with Crippen molar-refractivity contribution in [2.24, 2.45) is 0 Å². The van der Waals surface area contributed by atoms with Crippen molar-refractivity contribution < 1.29 is 14.3 Å². The van der Waals surface area contributed by atoms with Gasteiger partial charge in [-0.1, -0.05) is 30.3 Å². The lowest BCUT2D eigenvalue weighted by Gasteiger charge is -2.30. The number of fused-ring (bicyclic) bond motifs is 1. The predicted octanol–water partition coefficient (Wildman–Crippen LogP) is 4.13. The van der Waals surface area contributed by atoms with Crippen LogP contribution >= 0.6 is 0 Å². The number of nitrogens with one attached hydrogen (secondary N) is 2. The van der Waals surface area contributed by atoms with Crippen molar-refractivity contribution in [1.82, 2.24) is 39.9 Å². The van der Waals surface area contributed by atoms with Crippen LogP contribution in [0.15, 0.2) is 79.3 Å². The van der Waals surface area contributed by atoms with Crippen LogP contribution in [0.1, 0.15) is 24.2 Å². The van der Waals surface area contributed by atoms with Crippen LogP contribution in [-0.4, -0.2) is 97.2 Å². The monoisotopic (exact) mass is 629 g/mol. The third-order valence-corrected chi connectivity index (χ3v) is 8.96. The van der Waals surface area contributed by atoms with Gasteiger partial charge in [0.2, 0.25) is 5.91 Å². The Bertz CT molecular complexity index is 1960. The number of ether oxygens (including phenoxy) is 1. The third kappa shape index (κ3) is 6.25. The Hall–Kier alpha value is -5.33. The van der Waals surface area contributed by atoms with Gasteiger partial charge in [-0.3, -0.25) is 19.6 Å². The van der Waals surface area contributed by atoms with Gasteiger partial charge in [0.1, 0.15) is 11.5 Å². The molecule has 238 valence electrons. The topological polar surface area (TPSA) is 142 Å². The molecule has 7 rings (SSSR count). The first-order valence-corrected chi connectivity index (χ1v) is 15.6. The van der Waals surface area contributed by atoms with Gasteiger partial charge in [0, 0.05) is 68.5 Å². The summed E-state index contributed by atoms with van der Waals surface area (Å²) in [6.07, 6.45) is 8.55. The smallest absolute Gasteiger partial charge is 0.258 e. The minimum absolute atomic E-state index is 0.0436. The van der Waals surface area contributed by atoms with Crippen LogP contribution < -0.4 is 5.32 Å². The van der Waals surface area contributed by atoms with E-state index < -0.39 is 5.60 Å². The molecule has 12 nitrogen and oxygen atoms in total. The molecule has 1 saturated heterocycles. The molecule has 12 heteroatoms. The number of anilines is 1. The van der Waals surface area contributed by atoms with Crippen LogP contribution in [0.4, 0.5) is 5.69 Å². The zero-order valence-electron chi connectivity index (χ0n) is 26.3. The fourth-order valence-corrected chi connectivity index (χ4v) is 6.29. The van der Waals surface area contributed by atoms with Crippen molar-refractivity contribution in [2.45, 2.75) is 25.4 Å². The van der Waals surface area contributed by atoms with E-state index in [9.17, 15) is 9.59 Å². The number of aromatic amines is 1. The van der Waals surface area contributed by atoms with Gasteiger partial charge in [-0.25, -0.2) is 19.9 Å². The Kier molecular flexibility index (Phi) is 8.27. The van der Waals surface area contributed by atoms with Crippen LogP contribution in [0.5, 0.6) is 0 Å². The molecule has 0 aliphatic carbocycles. The number of nitrogens with zero attached hydrogens (tertiary/aromatic N) is 7. The second-order valence-electron chi connectivity index (χ2n) is 11.9. The number of aryl methyl sites for hydroxylation is 1. The van der Waals surface area contributed by atoms with Crippen LogP contribution in [0.3, 0.4) is 0 Å². The quantitative estimate of drug-likeness (QED) is 0.259. The number of carbonyl (C=O) groups excluding carboxylic acids is 2. The van der Waals surface area contributed by atoms with Gasteiger partial charge in [-0.15, -0.1) is 0 Å². The molecule has 47 heavy (non-hydrogen) atoms. The molecule has 0 spiro atoms. The lowest BCUT2D eigenvalue weighted by Crippen LogP contribution is -2.48. The molecule has 5 aromatic rings. The predicted molar refractivity (Wildman–Crippen MR) is 178 cm³/mol. The van der Waals surface area contributed by atoms with E-state index in [1.54, 1.807) is 31.8 Å². The zero-order chi connectivity index (χ0) is 32.4. The summed E-state index contributed by atoms with van der Waals surface area (Å²) in [7, 11) is 1.55. The molecule has 0 radical (unpaired) electrons. The van der Waals surface area contributed by atoms with Gasteiger partial charge in [-0.2, -0.15) is 5.10 Å². The molecule has 3 aromatic heterocycles. The number of rotatable bonds is 8. The summed E-state index contributed by atoms with van der Waals surface area (Å²) in [4.78, 5) is 48.1. The Morgan fingerprint density at radius 1 is 1.00 bits per heavy atom. The molecule has 2 N–H and O–H groups in total. The largest absolute Gasteiger partial charge is 0.367 e. The molecule has 2 aromatic carbocycles. The Balaban J connectivity index is 0.963. The van der Waals surface area contributed by atoms with Crippen LogP contribution in [0.2, 0.25) is 0 Å². The van der Waals surface area contributed by atoms with E-state index in [2.05, 4.69) is 53.7 Å². The number of carbonyl (C=O) groups is 2. The van der Waals surface area contributed by atoms with Crippen molar-refractivity contribution in [2.75, 3.05) is 45.2 Å². The lowest BCUT2D eigenvalue weighted by molar-refractivity contribution is -0.138. The number of hydrogen-bond donors (Lipinski definition) is 2. The second-order valence-corrected chi connectivity index (χ2v) is 11.9. The highest BCUT2D eigenvalue weighted by Crippen LogP contribution is 2.31. The first kappa shape index (κ1) is 30.3. The first-order chi connectivity index (χ1) is 22.9. The SMILES string of the molecule is CO[C@@]1(C(=O)Nc2ccc3[nH]nc(-c4ccnc(C)n4)c3c2)CCN(CC(=O)N2CC=C(c3ccc(-c4ncccn4)cc3)CC2)C1. The van der Waals surface area contributed by atoms with Gasteiger partial charge in [-0.05, 0) is 61.2 Å². The number of hydrogen-bond acceptors (Lipinski definition) is 9. The standard InChI is InChI=1S/C35H35N9O3/c1-23-36-16-10-30(39-23)32-28-20-27(8-9-29(28)41-42-32)40-34(46)35(47-2)13-19-43(22-35)21-31(45)44-17-11-25(12-18-44)24-4-6-26(7-5-24)33-37-14-3-15-38-33/h3-11,14-16,20H,12-13,17-19,21-22H2,1-2H3,(H,40,46)(H,41,42)/t35-/m0/s1. The fraction of sp³-hybridized carbons (Fsp3) is 0.286. The van der Waals surface area contributed by atoms with Crippen molar-refractivity contribution >= 4 is 34.0 Å². The maximum atomic E-state index is 13.6. The molecule has 0 unspecified atom stereocenters. The van der Waals surface area contributed by atoms with E-state index in [1.165, 1.54) is 5.57 Å². The van der Waals surface area contributed by atoms with E-state index in [0.717, 1.165) is 28.5 Å². The minimum atomic E-state index is -1.07. The fourth-order valence-electron chi connectivity index (χ4n) is 6.29. The van der Waals surface area contributed by atoms with Crippen molar-refractivity contribution in [3.63, 3.8) is 0 Å². The third-order valence-electron chi connectivity index (χ3n) is 8.96. The zero-order valence-corrected chi connectivity index (χ0v) is 26.3. The molecule has 0 bridgehead atoms. The Labute approximate surface area is 271 Å². The minimum Gasteiger partial charge on any atom is -0.367 e. The summed E-state index contributed by atoms with van der Waals surface area (Å²) in [6, 6.07) is 17.4. The average Bonchev–Trinajstić information content (AvgIpc) is 3.73. The van der Waals surface area contributed by atoms with Gasteiger partial charge in [0.15, 0.2) is 11.4 Å². The number of benzene rings is 2. The van der Waals surface area contributed by atoms with Crippen molar-refractivity contribution in [1.29, 1.82) is 0 Å². The van der Waals surface area contributed by atoms with Crippen molar-refractivity contribution in [3.05, 3.63) is 90.7 Å². The van der Waals surface area contributed by atoms with E-state index >= 15 is 0 Å². The number of H-pyrrole nitrogens is 1. The highest BCUT2D eigenvalue weighted by Gasteiger charge is 2.45. The number of aromatic nitrogens is 6. The summed E-state index contributed by atoms with van der Waals surface area (Å²) in [5.74, 6) is 1.15. The van der Waals surface area contributed by atoms with E-state index in [0.29, 0.717) is 61.3 Å². The Morgan fingerprint density at radius 3 is 2.55 bits per heavy atom. The van der Waals surface area contributed by atoms with Crippen LogP contribution in [0.25, 0.3) is 39.3 Å². The van der Waals surface area contributed by atoms with Crippen LogP contribution in [-0.2, 0) is 14.3 Å². The van der Waals surface area contributed by atoms with Gasteiger partial charge in [0.05, 0.1) is 17.8 Å². The average molecular weight is 630 g/mol. The molecule has 2 amide bonds. The lowest BCUT2D eigenvalue weighted by atomic mass is 9.98. The van der Waals surface area contributed by atoms with E-state index in [4.69, 9.17) is 4.74 Å². The molecular weight excluding hydrogens is 594 g/mol. The van der Waals surface area contributed by atoms with Gasteiger partial charge >= 0.3 is 0 Å². The molecule has 2 aliphatic rings. The number of methoxy groups -OCH3 is 1. The molecular formula is C35H35N9O3. The Morgan fingerprint density at radius 2 is 1.81 bits per heavy atom. The second kappa shape index (κ2) is 12.8. The van der Waals surface area contributed by atoms with E-state index in [1.807, 2.05) is 53.1 Å². The normalized spacial score (nSPS) is 18.3. The maximum absolute atomic E-state index is 13.6. The molecule has 2 aliphatic heterocycles. The van der Waals surface area contributed by atoms with E-state index in [-0.39, 0.29) is 18.4 Å². The summed E-state index contributed by atoms with van der Waals surface area (Å²) in [5, 5.41) is 11.4. The summed E-state index contributed by atoms with van der Waals surface area (Å²) < 4.78 is 5.84. The maximum Gasteiger partial charge on any atom is 0.258 e. The van der Waals surface area contributed by atoms with Crippen LogP contribution in [0, 0.1) is 6.92 Å². The van der Waals surface area contributed by atoms with Crippen molar-refractivity contribution in [3.8, 4) is 22.8 Å². The first-order valence-electron chi connectivity index (χ1n) is 15.6. The molecule has 1 atom stereocenters. The molecule has 5 heterocycles. The molecule has 1 fully saturated rings. The summed E-state index contributed by atoms with van der Waals surface area (Å²) >= 11 is 0. The molecule has 0 saturated carbocycles. The van der Waals surface area contributed by atoms with Gasteiger partial charge in [0.25, 0.3) is 5.91 Å². The summed E-state index contributed by atoms with van der Waals surface area (Å²) in [5.41, 5.74) is 5.10. The highest BCUT2D eigenvalue weighted by atomic mass is 16.5.